The van der Waals surface area contributed by atoms with E-state index in [4.69, 9.17) is 0 Å². The summed E-state index contributed by atoms with van der Waals surface area (Å²) in [4.78, 5) is 8.18. The van der Waals surface area contributed by atoms with E-state index >= 15 is 0 Å². The maximum Gasteiger partial charge on any atom is 0.252 e. The van der Waals surface area contributed by atoms with Gasteiger partial charge in [-0.25, -0.2) is 0 Å². The smallest absolute Gasteiger partial charge is 0.252 e. The summed E-state index contributed by atoms with van der Waals surface area (Å²) in [5.74, 6) is 0. The highest BCUT2D eigenvalue weighted by Crippen LogP contribution is 2.60. The zero-order chi connectivity index (χ0) is 67.3. The SMILES string of the molecule is Cc1cc2c(cc1N1c3cc4c(cc3B3c5cc6c(cc5N(c5cc7c(cc5C)C(C)(C)c5ccccc5C7(C)C)c5cc(N(c7ccc(C(C)(C)C)cc7)c7ccc(C(C)(C)C)cc7)cc1c53)C(C)(C)CC6(C)C)C(C)(C)c1ccccc1C4(C)C)C(C)(C)CC2(C)C. The van der Waals surface area contributed by atoms with Crippen molar-refractivity contribution in [3.05, 3.63) is 247 Å². The van der Waals surface area contributed by atoms with Crippen LogP contribution in [0, 0.1) is 13.8 Å². The van der Waals surface area contributed by atoms with Gasteiger partial charge < -0.3 is 14.7 Å². The minimum absolute atomic E-state index is 0.0182. The molecule has 4 heteroatoms. The van der Waals surface area contributed by atoms with E-state index in [0.717, 1.165) is 29.9 Å². The molecule has 0 saturated heterocycles. The maximum absolute atomic E-state index is 2.80. The summed E-state index contributed by atoms with van der Waals surface area (Å²) in [5, 5.41) is 0. The van der Waals surface area contributed by atoms with E-state index in [-0.39, 0.29) is 60.9 Å². The molecule has 0 saturated carbocycles. The Bertz CT molecular complexity index is 4650. The van der Waals surface area contributed by atoms with Crippen LogP contribution in [0.2, 0.25) is 0 Å². The van der Waals surface area contributed by atoms with Gasteiger partial charge in [-0.2, -0.15) is 0 Å². The van der Waals surface area contributed by atoms with Gasteiger partial charge in [-0.1, -0.05) is 249 Å². The minimum Gasteiger partial charge on any atom is -0.311 e. The number of fused-ring (bicyclic) bond motifs is 10. The van der Waals surface area contributed by atoms with Crippen molar-refractivity contribution in [2.45, 2.75) is 233 Å². The Morgan fingerprint density at radius 1 is 0.309 bits per heavy atom. The van der Waals surface area contributed by atoms with Crippen LogP contribution in [-0.4, -0.2) is 6.71 Å². The molecule has 0 unspecified atom stereocenters. The van der Waals surface area contributed by atoms with E-state index in [1.807, 2.05) is 0 Å². The highest BCUT2D eigenvalue weighted by Gasteiger charge is 2.53. The van der Waals surface area contributed by atoms with Crippen molar-refractivity contribution in [1.82, 2.24) is 0 Å². The fraction of sp³-hybridized carbons (Fsp3) is 0.400. The average Bonchev–Trinajstić information content (AvgIpc) is 0.877. The number of nitrogens with zero attached hydrogens (tertiary/aromatic N) is 3. The molecule has 2 aliphatic heterocycles. The standard InChI is InChI=1S/C90H102BN3/c1-53-41-64-66(85(13,14)51-83(64,9)10)47-74(53)93-77-50-71-69(88(19,20)61-30-26-28-32-63(61)90(71,23)24)46-73(77)91-72-45-65-67(86(15,16)52-84(65,11)12)48-76(72)94(75-49-70-68(42-54(75)2)87(17,18)60-29-25-27-31-62(60)89(70,21)22)79-44-59(43-78(93)80(79)91)92(57-37-33-55(34-38-57)81(3,4)5)58-39-35-56(36-40-58)82(6,7)8/h25-50H,51-52H2,1-24H3. The summed E-state index contributed by atoms with van der Waals surface area (Å²) in [6.45, 7) is 58.5. The topological polar surface area (TPSA) is 9.72 Å². The van der Waals surface area contributed by atoms with Crippen molar-refractivity contribution in [3.63, 3.8) is 0 Å². The van der Waals surface area contributed by atoms with Gasteiger partial charge in [0.1, 0.15) is 0 Å². The monoisotopic (exact) mass is 1240 g/mol. The summed E-state index contributed by atoms with van der Waals surface area (Å²) in [5.41, 5.74) is 36.3. The fourth-order valence-corrected chi connectivity index (χ4v) is 19.9. The quantitative estimate of drug-likeness (QED) is 0.159. The molecule has 2 heterocycles. The van der Waals surface area contributed by atoms with Gasteiger partial charge in [0, 0.05) is 67.2 Å². The normalized spacial score (nSPS) is 19.4. The molecule has 15 rings (SSSR count). The van der Waals surface area contributed by atoms with E-state index in [1.165, 1.54) is 140 Å². The second kappa shape index (κ2) is 19.6. The summed E-state index contributed by atoms with van der Waals surface area (Å²) in [6.07, 6.45) is 2.17. The molecule has 94 heavy (non-hydrogen) atoms. The van der Waals surface area contributed by atoms with Crippen LogP contribution in [0.4, 0.5) is 51.2 Å². The van der Waals surface area contributed by atoms with Gasteiger partial charge >= 0.3 is 0 Å². The minimum atomic E-state index is -0.284. The molecule has 0 fully saturated rings. The van der Waals surface area contributed by atoms with Gasteiger partial charge in [0.2, 0.25) is 0 Å². The molecule has 0 atom stereocenters. The molecule has 6 aliphatic rings. The van der Waals surface area contributed by atoms with Gasteiger partial charge in [-0.15, -0.1) is 0 Å². The molecule has 3 nitrogen and oxygen atoms in total. The zero-order valence-electron chi connectivity index (χ0n) is 61.3. The third-order valence-electron chi connectivity index (χ3n) is 24.6. The molecular weight excluding hydrogens is 1130 g/mol. The average molecular weight is 1240 g/mol. The van der Waals surface area contributed by atoms with Crippen LogP contribution < -0.4 is 31.1 Å². The molecule has 480 valence electrons. The van der Waals surface area contributed by atoms with Crippen molar-refractivity contribution in [2.24, 2.45) is 0 Å². The predicted molar refractivity (Wildman–Crippen MR) is 405 cm³/mol. The van der Waals surface area contributed by atoms with Gasteiger partial charge in [-0.3, -0.25) is 0 Å². The lowest BCUT2D eigenvalue weighted by molar-refractivity contribution is 0.402. The molecular formula is C90H102BN3. The zero-order valence-corrected chi connectivity index (χ0v) is 61.3. The number of benzene rings is 9. The summed E-state index contributed by atoms with van der Waals surface area (Å²) < 4.78 is 0. The molecule has 0 N–H and O–H groups in total. The Hall–Kier alpha value is -7.56. The summed E-state index contributed by atoms with van der Waals surface area (Å²) >= 11 is 0. The summed E-state index contributed by atoms with van der Waals surface area (Å²) in [7, 11) is 0. The number of hydrogen-bond acceptors (Lipinski definition) is 3. The van der Waals surface area contributed by atoms with Crippen LogP contribution in [0.1, 0.15) is 254 Å². The van der Waals surface area contributed by atoms with E-state index in [1.54, 1.807) is 0 Å². The first-order valence-electron chi connectivity index (χ1n) is 35.4. The lowest BCUT2D eigenvalue weighted by atomic mass is 9.32. The van der Waals surface area contributed by atoms with Crippen LogP contribution in [0.25, 0.3) is 0 Å². The Labute approximate surface area is 565 Å². The Morgan fingerprint density at radius 3 is 0.968 bits per heavy atom. The van der Waals surface area contributed by atoms with Crippen molar-refractivity contribution in [2.75, 3.05) is 14.7 Å². The summed E-state index contributed by atoms with van der Waals surface area (Å²) in [6, 6.07) is 64.3. The van der Waals surface area contributed by atoms with Crippen molar-refractivity contribution in [3.8, 4) is 0 Å². The third kappa shape index (κ3) is 8.80. The fourth-order valence-electron chi connectivity index (χ4n) is 19.9. The van der Waals surface area contributed by atoms with Crippen LogP contribution in [0.3, 0.4) is 0 Å². The maximum atomic E-state index is 2.80. The van der Waals surface area contributed by atoms with E-state index in [2.05, 4.69) is 339 Å². The van der Waals surface area contributed by atoms with Gasteiger partial charge in [0.05, 0.1) is 5.69 Å². The third-order valence-corrected chi connectivity index (χ3v) is 24.6. The molecule has 0 aromatic heterocycles. The Morgan fingerprint density at radius 2 is 0.596 bits per heavy atom. The molecule has 0 radical (unpaired) electrons. The molecule has 4 aliphatic carbocycles. The highest BCUT2D eigenvalue weighted by atomic mass is 15.2. The molecule has 0 spiro atoms. The lowest BCUT2D eigenvalue weighted by Gasteiger charge is -2.49. The van der Waals surface area contributed by atoms with E-state index < -0.39 is 0 Å². The molecule has 0 bridgehead atoms. The highest BCUT2D eigenvalue weighted by molar-refractivity contribution is 7.00. The molecule has 0 amide bonds. The number of anilines is 9. The van der Waals surface area contributed by atoms with Crippen LogP contribution in [0.5, 0.6) is 0 Å². The second-order valence-corrected chi connectivity index (χ2v) is 36.7. The number of hydrogen-bond donors (Lipinski definition) is 0. The number of rotatable bonds is 5. The van der Waals surface area contributed by atoms with Crippen molar-refractivity contribution < 1.29 is 0 Å². The van der Waals surface area contributed by atoms with Gasteiger partial charge in [-0.05, 0) is 225 Å². The Balaban J connectivity index is 1.13. The molecule has 9 aromatic rings. The largest absolute Gasteiger partial charge is 0.311 e. The lowest BCUT2D eigenvalue weighted by Crippen LogP contribution is -2.62. The first-order valence-corrected chi connectivity index (χ1v) is 35.4. The predicted octanol–water partition coefficient (Wildman–Crippen LogP) is 22.3. The van der Waals surface area contributed by atoms with Gasteiger partial charge in [0.25, 0.3) is 6.71 Å². The second-order valence-electron chi connectivity index (χ2n) is 36.7. The first kappa shape index (κ1) is 62.6. The van der Waals surface area contributed by atoms with Crippen LogP contribution in [-0.2, 0) is 54.1 Å². The number of aryl methyl sites for hydroxylation is 2. The molecule has 9 aromatic carbocycles. The van der Waals surface area contributed by atoms with Crippen molar-refractivity contribution >= 4 is 74.3 Å². The Kier molecular flexibility index (Phi) is 13.0. The first-order chi connectivity index (χ1) is 43.7. The van der Waals surface area contributed by atoms with Crippen molar-refractivity contribution in [1.29, 1.82) is 0 Å². The van der Waals surface area contributed by atoms with Crippen LogP contribution in [0.15, 0.2) is 158 Å². The van der Waals surface area contributed by atoms with Crippen LogP contribution >= 0.6 is 0 Å². The van der Waals surface area contributed by atoms with Gasteiger partial charge in [0.15, 0.2) is 0 Å². The van der Waals surface area contributed by atoms with E-state index in [9.17, 15) is 0 Å². The van der Waals surface area contributed by atoms with E-state index in [0.29, 0.717) is 0 Å².